The Labute approximate surface area is 114 Å². The number of alkyl halides is 1. The normalized spacial score (nSPS) is 20.7. The number of aliphatic carboxylic acids is 1. The van der Waals surface area contributed by atoms with Crippen LogP contribution in [0.3, 0.4) is 0 Å². The van der Waals surface area contributed by atoms with Crippen LogP contribution in [0.15, 0.2) is 11.5 Å². The van der Waals surface area contributed by atoms with Crippen molar-refractivity contribution in [1.29, 1.82) is 0 Å². The van der Waals surface area contributed by atoms with Crippen LogP contribution in [0.2, 0.25) is 0 Å². The van der Waals surface area contributed by atoms with Crippen molar-refractivity contribution in [2.45, 2.75) is 18.8 Å². The lowest BCUT2D eigenvalue weighted by molar-refractivity contribution is -0.146. The molecule has 1 fully saturated rings. The minimum Gasteiger partial charge on any atom is -0.476 e. The van der Waals surface area contributed by atoms with Gasteiger partial charge in [-0.1, -0.05) is 11.6 Å². The topological polar surface area (TPSA) is 102 Å². The summed E-state index contributed by atoms with van der Waals surface area (Å²) in [4.78, 5) is 23.4. The van der Waals surface area contributed by atoms with E-state index in [1.165, 1.54) is 6.92 Å². The Morgan fingerprint density at radius 2 is 2.00 bits per heavy atom. The highest BCUT2D eigenvalue weighted by Gasteiger charge is 2.42. The molecule has 1 atom stereocenters. The van der Waals surface area contributed by atoms with Gasteiger partial charge >= 0.3 is 13.8 Å². The summed E-state index contributed by atoms with van der Waals surface area (Å²) in [5, 5.41) is 9.10. The van der Waals surface area contributed by atoms with Gasteiger partial charge in [0.2, 0.25) is 5.91 Å². The van der Waals surface area contributed by atoms with Crippen LogP contribution in [0.4, 0.5) is 0 Å². The molecule has 19 heavy (non-hydrogen) atoms. The zero-order valence-corrected chi connectivity index (χ0v) is 12.1. The molecule has 0 radical (unpaired) electrons. The zero-order chi connectivity index (χ0) is 14.8. The number of hydrogen-bond donors (Lipinski definition) is 1. The van der Waals surface area contributed by atoms with Gasteiger partial charge in [-0.2, -0.15) is 0 Å². The van der Waals surface area contributed by atoms with Gasteiger partial charge in [0, 0.05) is 14.2 Å². The molecule has 0 spiro atoms. The van der Waals surface area contributed by atoms with E-state index in [2.05, 4.69) is 9.05 Å². The fourth-order valence-corrected chi connectivity index (χ4v) is 2.48. The summed E-state index contributed by atoms with van der Waals surface area (Å²) >= 11 is 5.75. The van der Waals surface area contributed by atoms with Crippen LogP contribution in [0.25, 0.3) is 0 Å². The average Bonchev–Trinajstić information content (AvgIpc) is 2.35. The van der Waals surface area contributed by atoms with Crippen molar-refractivity contribution in [1.82, 2.24) is 4.90 Å². The van der Waals surface area contributed by atoms with Crippen molar-refractivity contribution in [3.63, 3.8) is 0 Å². The van der Waals surface area contributed by atoms with Crippen LogP contribution in [0.1, 0.15) is 13.3 Å². The van der Waals surface area contributed by atoms with Crippen LogP contribution < -0.4 is 0 Å². The van der Waals surface area contributed by atoms with Gasteiger partial charge in [0.05, 0.1) is 6.42 Å². The number of likely N-dealkylation sites (tertiary alicyclic amines) is 1. The summed E-state index contributed by atoms with van der Waals surface area (Å²) in [7, 11) is -1.74. The summed E-state index contributed by atoms with van der Waals surface area (Å²) < 4.78 is 25.7. The van der Waals surface area contributed by atoms with E-state index in [1.54, 1.807) is 0 Å². The van der Waals surface area contributed by atoms with E-state index in [9.17, 15) is 14.2 Å². The highest BCUT2D eigenvalue weighted by Crippen LogP contribution is 2.50. The van der Waals surface area contributed by atoms with Gasteiger partial charge in [0.25, 0.3) is 0 Å². The molecule has 0 bridgehead atoms. The molecular formula is C9H13ClNO7P. The number of carboxylic acids is 1. The lowest BCUT2D eigenvalue weighted by atomic mass is 10.1. The highest BCUT2D eigenvalue weighted by molar-refractivity contribution is 7.48. The Kier molecular flexibility index (Phi) is 4.98. The number of carboxylic acid groups (broad SMARTS) is 1. The van der Waals surface area contributed by atoms with Crippen molar-refractivity contribution < 1.29 is 32.8 Å². The first kappa shape index (κ1) is 16.0. The smallest absolute Gasteiger partial charge is 0.476 e. The van der Waals surface area contributed by atoms with Gasteiger partial charge in [-0.3, -0.25) is 18.7 Å². The number of phosphoric ester groups is 1. The molecule has 1 aliphatic rings. The second-order valence-electron chi connectivity index (χ2n) is 3.52. The van der Waals surface area contributed by atoms with Crippen molar-refractivity contribution in [2.75, 3.05) is 14.2 Å². The second kappa shape index (κ2) is 5.92. The first-order valence-corrected chi connectivity index (χ1v) is 6.97. The standard InChI is InChI=1S/C9H13ClNO7P/c1-5(18-19(15,16-2)17-3)8(9(13)14)11-6(10)4-7(11)12/h6H,4H2,1-3H3,(H,13,14). The number of β-lactam (4-membered cyclic amide) rings is 1. The number of halogens is 1. The Hall–Kier alpha value is -1.08. The Morgan fingerprint density at radius 3 is 2.32 bits per heavy atom. The number of carbonyl (C=O) groups excluding carboxylic acids is 1. The SMILES string of the molecule is COP(=O)(OC)OC(C)=C(C(=O)O)N1C(=O)CC1Cl. The molecule has 1 N–H and O–H groups in total. The third-order valence-corrected chi connectivity index (χ3v) is 4.11. The summed E-state index contributed by atoms with van der Waals surface area (Å²) in [6.45, 7) is 1.23. The van der Waals surface area contributed by atoms with E-state index in [-0.39, 0.29) is 12.2 Å². The van der Waals surface area contributed by atoms with Crippen molar-refractivity contribution in [3.05, 3.63) is 11.5 Å². The first-order valence-electron chi connectivity index (χ1n) is 5.07. The van der Waals surface area contributed by atoms with E-state index < -0.39 is 30.9 Å². The quantitative estimate of drug-likeness (QED) is 0.198. The molecule has 1 saturated heterocycles. The lowest BCUT2D eigenvalue weighted by Gasteiger charge is -2.36. The van der Waals surface area contributed by atoms with Gasteiger partial charge in [-0.15, -0.1) is 0 Å². The number of amides is 1. The van der Waals surface area contributed by atoms with Crippen LogP contribution in [0, 0.1) is 0 Å². The number of allylic oxidation sites excluding steroid dienone is 1. The van der Waals surface area contributed by atoms with E-state index >= 15 is 0 Å². The van der Waals surface area contributed by atoms with Gasteiger partial charge in [0.1, 0.15) is 11.3 Å². The predicted molar refractivity (Wildman–Crippen MR) is 64.1 cm³/mol. The fraction of sp³-hybridized carbons (Fsp3) is 0.556. The Balaban J connectivity index is 3.09. The van der Waals surface area contributed by atoms with E-state index in [1.807, 2.05) is 0 Å². The third kappa shape index (κ3) is 3.27. The molecule has 1 aliphatic heterocycles. The van der Waals surface area contributed by atoms with Gasteiger partial charge in [-0.05, 0) is 6.92 Å². The number of nitrogens with zero attached hydrogens (tertiary/aromatic N) is 1. The molecule has 0 aromatic rings. The van der Waals surface area contributed by atoms with Crippen LogP contribution >= 0.6 is 19.4 Å². The lowest BCUT2D eigenvalue weighted by Crippen LogP contribution is -2.50. The molecular weight excluding hydrogens is 301 g/mol. The number of phosphoric acid groups is 1. The maximum atomic E-state index is 11.7. The zero-order valence-electron chi connectivity index (χ0n) is 10.5. The highest BCUT2D eigenvalue weighted by atomic mass is 35.5. The summed E-state index contributed by atoms with van der Waals surface area (Å²) in [6, 6.07) is 0. The molecule has 0 aromatic carbocycles. The molecule has 108 valence electrons. The number of hydrogen-bond acceptors (Lipinski definition) is 6. The Morgan fingerprint density at radius 1 is 1.47 bits per heavy atom. The average molecular weight is 314 g/mol. The third-order valence-electron chi connectivity index (χ3n) is 2.36. The van der Waals surface area contributed by atoms with Crippen LogP contribution in [0.5, 0.6) is 0 Å². The summed E-state index contributed by atoms with van der Waals surface area (Å²) in [5.41, 5.74) is -1.27. The van der Waals surface area contributed by atoms with Gasteiger partial charge < -0.3 is 9.63 Å². The van der Waals surface area contributed by atoms with Crippen molar-refractivity contribution in [3.8, 4) is 0 Å². The van der Waals surface area contributed by atoms with Crippen molar-refractivity contribution in [2.24, 2.45) is 0 Å². The summed E-state index contributed by atoms with van der Waals surface area (Å²) in [6.07, 6.45) is 0.0256. The molecule has 1 heterocycles. The number of carbonyl (C=O) groups is 2. The molecule has 1 unspecified atom stereocenters. The van der Waals surface area contributed by atoms with E-state index in [0.717, 1.165) is 19.1 Å². The van der Waals surface area contributed by atoms with E-state index in [0.29, 0.717) is 0 Å². The molecule has 10 heteroatoms. The van der Waals surface area contributed by atoms with Crippen LogP contribution in [-0.4, -0.2) is 41.6 Å². The molecule has 0 aliphatic carbocycles. The summed E-state index contributed by atoms with van der Waals surface area (Å²) in [5.74, 6) is -2.20. The minimum atomic E-state index is -3.90. The van der Waals surface area contributed by atoms with Crippen LogP contribution in [-0.2, 0) is 27.7 Å². The molecule has 0 aromatic heterocycles. The Bertz CT molecular complexity index is 469. The largest absolute Gasteiger partial charge is 0.529 e. The monoisotopic (exact) mass is 313 g/mol. The maximum absolute atomic E-state index is 11.7. The second-order valence-corrected chi connectivity index (χ2v) is 5.83. The van der Waals surface area contributed by atoms with Crippen molar-refractivity contribution >= 4 is 31.3 Å². The minimum absolute atomic E-state index is 0.0256. The van der Waals surface area contributed by atoms with Gasteiger partial charge in [0.15, 0.2) is 5.70 Å². The number of rotatable bonds is 6. The molecule has 0 saturated carbocycles. The molecule has 1 amide bonds. The predicted octanol–water partition coefficient (Wildman–Crippen LogP) is 1.52. The molecule has 8 nitrogen and oxygen atoms in total. The van der Waals surface area contributed by atoms with E-state index in [4.69, 9.17) is 21.2 Å². The first-order chi connectivity index (χ1) is 8.75. The fourth-order valence-electron chi connectivity index (χ4n) is 1.43. The molecule has 1 rings (SSSR count). The maximum Gasteiger partial charge on any atom is 0.529 e. The van der Waals surface area contributed by atoms with Gasteiger partial charge in [-0.25, -0.2) is 9.36 Å².